The third-order valence-electron chi connectivity index (χ3n) is 4.33. The summed E-state index contributed by atoms with van der Waals surface area (Å²) in [5, 5.41) is 0. The second-order valence-corrected chi connectivity index (χ2v) is 9.29. The van der Waals surface area contributed by atoms with Crippen LogP contribution in [0.25, 0.3) is 0 Å². The molecule has 1 fully saturated rings. The predicted octanol–water partition coefficient (Wildman–Crippen LogP) is 3.56. The van der Waals surface area contributed by atoms with Crippen LogP contribution < -0.4 is 4.72 Å². The van der Waals surface area contributed by atoms with Crippen molar-refractivity contribution in [3.8, 4) is 0 Å². The fraction of sp³-hybridized carbons (Fsp3) is 0.833. The van der Waals surface area contributed by atoms with Gasteiger partial charge in [-0.2, -0.15) is 13.1 Å². The molecule has 0 bridgehead atoms. The van der Waals surface area contributed by atoms with Crippen LogP contribution in [0.1, 0.15) is 59.8 Å². The van der Waals surface area contributed by atoms with Crippen molar-refractivity contribution in [2.24, 2.45) is 11.8 Å². The van der Waals surface area contributed by atoms with Gasteiger partial charge in [0, 0.05) is 11.8 Å². The molecule has 1 rings (SSSR count). The predicted molar refractivity (Wildman–Crippen MR) is 103 cm³/mol. The first-order chi connectivity index (χ1) is 12.0. The van der Waals surface area contributed by atoms with Crippen LogP contribution in [0.2, 0.25) is 0 Å². The van der Waals surface area contributed by atoms with Crippen molar-refractivity contribution in [3.05, 3.63) is 12.2 Å². The fourth-order valence-corrected chi connectivity index (χ4v) is 4.87. The van der Waals surface area contributed by atoms with Gasteiger partial charge in [0.2, 0.25) is 0 Å². The van der Waals surface area contributed by atoms with Crippen molar-refractivity contribution in [2.75, 3.05) is 12.5 Å². The zero-order valence-electron chi connectivity index (χ0n) is 16.2. The second-order valence-electron chi connectivity index (χ2n) is 7.71. The molecule has 0 heterocycles. The monoisotopic (exact) mass is 409 g/mol. The number of nitrogens with one attached hydrogen (secondary N) is 1. The summed E-state index contributed by atoms with van der Waals surface area (Å²) in [7, 11) is -4.16. The van der Waals surface area contributed by atoms with Gasteiger partial charge in [-0.25, -0.2) is 0 Å². The molecule has 26 heavy (non-hydrogen) atoms. The van der Waals surface area contributed by atoms with Crippen LogP contribution in [0.3, 0.4) is 0 Å². The number of alkyl halides is 1. The second kappa shape index (κ2) is 10.1. The fourth-order valence-electron chi connectivity index (χ4n) is 3.43. The highest BCUT2D eigenvalue weighted by Gasteiger charge is 2.40. The van der Waals surface area contributed by atoms with Gasteiger partial charge in [-0.3, -0.25) is 8.98 Å². The van der Waals surface area contributed by atoms with E-state index in [2.05, 4.69) is 11.3 Å². The molecule has 1 aliphatic carbocycles. The molecule has 0 radical (unpaired) electrons. The van der Waals surface area contributed by atoms with E-state index >= 15 is 0 Å². The molecule has 0 aliphatic heterocycles. The van der Waals surface area contributed by atoms with Crippen molar-refractivity contribution in [1.82, 2.24) is 4.72 Å². The smallest absolute Gasteiger partial charge is 0.337 e. The lowest BCUT2D eigenvalue weighted by atomic mass is 9.74. The largest absolute Gasteiger partial charge is 0.465 e. The Morgan fingerprint density at radius 3 is 2.31 bits per heavy atom. The number of carbonyl (C=O) groups is 1. The van der Waals surface area contributed by atoms with Gasteiger partial charge >= 0.3 is 16.3 Å². The van der Waals surface area contributed by atoms with Crippen LogP contribution in [0.4, 0.5) is 0 Å². The van der Waals surface area contributed by atoms with Crippen molar-refractivity contribution < 1.29 is 22.1 Å². The van der Waals surface area contributed by atoms with Gasteiger partial charge in [0.1, 0.15) is 6.04 Å². The minimum absolute atomic E-state index is 0.127. The Kier molecular flexibility index (Phi) is 9.06. The summed E-state index contributed by atoms with van der Waals surface area (Å²) in [4.78, 5) is 12.6. The van der Waals surface area contributed by atoms with E-state index in [0.29, 0.717) is 5.57 Å². The Balaban J connectivity index is 3.18. The standard InChI is InChI=1S/C18H32ClNO5S/c1-6-24-17(21)16(20-26(22,23)25-18(3,4)5)15(13(2)12-19)14-10-8-7-9-11-14/h14-16,20H,2,6-12H2,1,3-5H3/t15-,16-/m0/s1. The van der Waals surface area contributed by atoms with E-state index in [-0.39, 0.29) is 18.4 Å². The van der Waals surface area contributed by atoms with Gasteiger partial charge in [0.15, 0.2) is 0 Å². The van der Waals surface area contributed by atoms with E-state index < -0.39 is 33.8 Å². The molecule has 1 N–H and O–H groups in total. The van der Waals surface area contributed by atoms with E-state index in [1.165, 1.54) is 0 Å². The molecule has 152 valence electrons. The van der Waals surface area contributed by atoms with Gasteiger partial charge in [0.25, 0.3) is 0 Å². The van der Waals surface area contributed by atoms with E-state index in [1.807, 2.05) is 0 Å². The molecule has 0 amide bonds. The third-order valence-corrected chi connectivity index (χ3v) is 5.94. The first-order valence-electron chi connectivity index (χ1n) is 9.14. The summed E-state index contributed by atoms with van der Waals surface area (Å²) in [5.41, 5.74) is -0.287. The number of hydrogen-bond donors (Lipinski definition) is 1. The Morgan fingerprint density at radius 1 is 1.27 bits per heavy atom. The number of rotatable bonds is 9. The summed E-state index contributed by atoms with van der Waals surface area (Å²) >= 11 is 6.01. The molecule has 0 unspecified atom stereocenters. The molecule has 0 aromatic rings. The summed E-state index contributed by atoms with van der Waals surface area (Å²) in [5.74, 6) is -0.777. The zero-order chi connectivity index (χ0) is 20.0. The molecule has 0 aromatic heterocycles. The van der Waals surface area contributed by atoms with Crippen LogP contribution in [0, 0.1) is 11.8 Å². The number of halogens is 1. The van der Waals surface area contributed by atoms with Crippen molar-refractivity contribution in [3.63, 3.8) is 0 Å². The van der Waals surface area contributed by atoms with Gasteiger partial charge in [-0.1, -0.05) is 31.4 Å². The van der Waals surface area contributed by atoms with Crippen LogP contribution in [0.15, 0.2) is 12.2 Å². The maximum absolute atomic E-state index is 12.6. The minimum Gasteiger partial charge on any atom is -0.465 e. The first-order valence-corrected chi connectivity index (χ1v) is 11.1. The number of esters is 1. The lowest BCUT2D eigenvalue weighted by Crippen LogP contribution is -2.51. The van der Waals surface area contributed by atoms with Crippen LogP contribution in [-0.2, 0) is 24.0 Å². The lowest BCUT2D eigenvalue weighted by molar-refractivity contribution is -0.147. The Bertz CT molecular complexity index is 579. The van der Waals surface area contributed by atoms with Gasteiger partial charge in [0.05, 0.1) is 12.2 Å². The number of carbonyl (C=O) groups excluding carboxylic acids is 1. The van der Waals surface area contributed by atoms with Crippen LogP contribution in [0.5, 0.6) is 0 Å². The maximum atomic E-state index is 12.6. The average Bonchev–Trinajstić information content (AvgIpc) is 2.52. The third kappa shape index (κ3) is 7.55. The van der Waals surface area contributed by atoms with Crippen LogP contribution in [-0.4, -0.2) is 38.5 Å². The zero-order valence-corrected chi connectivity index (χ0v) is 17.8. The summed E-state index contributed by atoms with van der Waals surface area (Å²) in [6, 6.07) is -1.10. The Morgan fingerprint density at radius 2 is 1.85 bits per heavy atom. The molecule has 2 atom stereocenters. The highest BCUT2D eigenvalue weighted by molar-refractivity contribution is 7.84. The summed E-state index contributed by atoms with van der Waals surface area (Å²) in [6.07, 6.45) is 5.02. The molecule has 0 saturated heterocycles. The van der Waals surface area contributed by atoms with Gasteiger partial charge in [-0.15, -0.1) is 11.6 Å². The summed E-state index contributed by atoms with van der Waals surface area (Å²) < 4.78 is 37.6. The molecule has 6 nitrogen and oxygen atoms in total. The molecule has 0 aromatic carbocycles. The van der Waals surface area contributed by atoms with Gasteiger partial charge < -0.3 is 4.74 Å². The van der Waals surface area contributed by atoms with Crippen LogP contribution >= 0.6 is 11.6 Å². The molecular weight excluding hydrogens is 378 g/mol. The first kappa shape index (κ1) is 23.4. The average molecular weight is 410 g/mol. The number of hydrogen-bond acceptors (Lipinski definition) is 5. The topological polar surface area (TPSA) is 81.7 Å². The highest BCUT2D eigenvalue weighted by Crippen LogP contribution is 2.36. The number of ether oxygens (including phenoxy) is 1. The molecule has 8 heteroatoms. The van der Waals surface area contributed by atoms with Crippen molar-refractivity contribution in [2.45, 2.75) is 71.4 Å². The minimum atomic E-state index is -4.16. The summed E-state index contributed by atoms with van der Waals surface area (Å²) in [6.45, 7) is 10.7. The van der Waals surface area contributed by atoms with E-state index in [4.69, 9.17) is 20.5 Å². The SMILES string of the molecule is C=C(CCl)[C@@H](C1CCCCC1)[C@H](NS(=O)(=O)OC(C)(C)C)C(=O)OCC. The lowest BCUT2D eigenvalue weighted by Gasteiger charge is -2.36. The normalized spacial score (nSPS) is 19.0. The van der Waals surface area contributed by atoms with Gasteiger partial charge in [-0.05, 0) is 46.5 Å². The molecular formula is C18H32ClNO5S. The Labute approximate surface area is 162 Å². The maximum Gasteiger partial charge on any atom is 0.337 e. The quantitative estimate of drug-likeness (QED) is 0.357. The molecule has 0 spiro atoms. The molecule has 1 saturated carbocycles. The Hall–Kier alpha value is -0.630. The highest BCUT2D eigenvalue weighted by atomic mass is 35.5. The molecule has 1 aliphatic rings. The van der Waals surface area contributed by atoms with E-state index in [0.717, 1.165) is 32.1 Å². The van der Waals surface area contributed by atoms with Crippen molar-refractivity contribution in [1.29, 1.82) is 0 Å². The van der Waals surface area contributed by atoms with E-state index in [1.54, 1.807) is 27.7 Å². The van der Waals surface area contributed by atoms with E-state index in [9.17, 15) is 13.2 Å². The van der Waals surface area contributed by atoms with Crippen molar-refractivity contribution >= 4 is 27.9 Å².